The van der Waals surface area contributed by atoms with E-state index in [-0.39, 0.29) is 11.2 Å². The Morgan fingerprint density at radius 1 is 1.27 bits per heavy atom. The van der Waals surface area contributed by atoms with Crippen molar-refractivity contribution in [1.82, 2.24) is 0 Å². The number of hydrogen-bond donors (Lipinski definition) is 0. The van der Waals surface area contributed by atoms with Gasteiger partial charge in [0.25, 0.3) is 0 Å². The molecule has 1 heteroatoms. The summed E-state index contributed by atoms with van der Waals surface area (Å²) in [6, 6.07) is 0. The zero-order valence-corrected chi connectivity index (χ0v) is 7.13. The molecular weight excluding hydrogens is 136 g/mol. The van der Waals surface area contributed by atoms with Gasteiger partial charge in [-0.15, -0.1) is 0 Å². The number of carbonyl (C=O) groups is 1. The highest BCUT2D eigenvalue weighted by molar-refractivity contribution is 5.97. The maximum Gasteiger partial charge on any atom is 0.165 e. The Morgan fingerprint density at radius 2 is 1.91 bits per heavy atom. The summed E-state index contributed by atoms with van der Waals surface area (Å²) in [6.07, 6.45) is 9.29. The maximum atomic E-state index is 11.4. The summed E-state index contributed by atoms with van der Waals surface area (Å²) in [6.45, 7) is 4.12. The molecule has 0 fully saturated rings. The minimum Gasteiger partial charge on any atom is -0.294 e. The van der Waals surface area contributed by atoms with E-state index >= 15 is 0 Å². The molecule has 11 heavy (non-hydrogen) atoms. The molecule has 0 spiro atoms. The number of hydrogen-bond acceptors (Lipinski definition) is 1. The highest BCUT2D eigenvalue weighted by Crippen LogP contribution is 2.31. The number of ketones is 1. The molecule has 0 amide bonds. The van der Waals surface area contributed by atoms with Crippen molar-refractivity contribution in [2.45, 2.75) is 26.7 Å². The zero-order valence-electron chi connectivity index (χ0n) is 7.13. The summed E-state index contributed by atoms with van der Waals surface area (Å²) in [5.74, 6) is 0.255. The van der Waals surface area contributed by atoms with Gasteiger partial charge in [0, 0.05) is 0 Å². The lowest BCUT2D eigenvalue weighted by atomic mass is 9.76. The Balaban J connectivity index is 2.91. The molecule has 1 rings (SSSR count). The molecule has 0 saturated carbocycles. The molecule has 0 unspecified atom stereocenters. The van der Waals surface area contributed by atoms with Crippen LogP contribution in [0.3, 0.4) is 0 Å². The van der Waals surface area contributed by atoms with Crippen LogP contribution >= 0.6 is 0 Å². The highest BCUT2D eigenvalue weighted by atomic mass is 16.1. The van der Waals surface area contributed by atoms with E-state index < -0.39 is 0 Å². The van der Waals surface area contributed by atoms with Crippen LogP contribution in [-0.4, -0.2) is 5.78 Å². The number of rotatable bonds is 2. The van der Waals surface area contributed by atoms with Crippen molar-refractivity contribution in [1.29, 1.82) is 0 Å². The number of carbonyl (C=O) groups excluding carboxylic acids is 1. The van der Waals surface area contributed by atoms with Crippen molar-refractivity contribution in [3.63, 3.8) is 0 Å². The smallest absolute Gasteiger partial charge is 0.165 e. The van der Waals surface area contributed by atoms with Crippen molar-refractivity contribution in [3.8, 4) is 0 Å². The Labute approximate surface area is 67.8 Å². The molecule has 1 aliphatic carbocycles. The Morgan fingerprint density at radius 3 is 2.27 bits per heavy atom. The largest absolute Gasteiger partial charge is 0.294 e. The molecule has 0 aromatic heterocycles. The van der Waals surface area contributed by atoms with E-state index in [0.717, 1.165) is 12.8 Å². The van der Waals surface area contributed by atoms with Gasteiger partial charge in [-0.2, -0.15) is 0 Å². The highest BCUT2D eigenvalue weighted by Gasteiger charge is 2.30. The zero-order chi connectivity index (χ0) is 8.32. The quantitative estimate of drug-likeness (QED) is 0.591. The SMILES string of the molecule is CCC1(CC)C=CC=CC1=O. The Bertz CT molecular complexity index is 207. The van der Waals surface area contributed by atoms with Gasteiger partial charge in [-0.1, -0.05) is 32.1 Å². The van der Waals surface area contributed by atoms with Crippen LogP contribution in [0.4, 0.5) is 0 Å². The molecule has 1 nitrogen and oxygen atoms in total. The summed E-state index contributed by atoms with van der Waals surface area (Å²) >= 11 is 0. The van der Waals surface area contributed by atoms with Crippen LogP contribution in [0.1, 0.15) is 26.7 Å². The van der Waals surface area contributed by atoms with Gasteiger partial charge in [-0.05, 0) is 18.9 Å². The van der Waals surface area contributed by atoms with E-state index in [2.05, 4.69) is 13.8 Å². The third-order valence-corrected chi connectivity index (χ3v) is 2.53. The average molecular weight is 150 g/mol. The van der Waals surface area contributed by atoms with Crippen LogP contribution in [-0.2, 0) is 4.79 Å². The van der Waals surface area contributed by atoms with Gasteiger partial charge >= 0.3 is 0 Å². The van der Waals surface area contributed by atoms with Crippen LogP contribution < -0.4 is 0 Å². The van der Waals surface area contributed by atoms with Gasteiger partial charge in [0.15, 0.2) is 5.78 Å². The van der Waals surface area contributed by atoms with Gasteiger partial charge in [-0.3, -0.25) is 4.79 Å². The molecule has 1 aliphatic rings. The fraction of sp³-hybridized carbons (Fsp3) is 0.500. The molecule has 0 heterocycles. The first-order chi connectivity index (χ1) is 5.25. The summed E-state index contributed by atoms with van der Waals surface area (Å²) in [5.41, 5.74) is -0.186. The van der Waals surface area contributed by atoms with Gasteiger partial charge in [0.05, 0.1) is 5.41 Å². The Hall–Kier alpha value is -0.850. The minimum absolute atomic E-state index is 0.186. The van der Waals surface area contributed by atoms with E-state index in [1.165, 1.54) is 0 Å². The Kier molecular flexibility index (Phi) is 2.28. The van der Waals surface area contributed by atoms with Gasteiger partial charge in [0.1, 0.15) is 0 Å². The first-order valence-electron chi connectivity index (χ1n) is 4.15. The van der Waals surface area contributed by atoms with E-state index in [9.17, 15) is 4.79 Å². The first kappa shape index (κ1) is 8.25. The van der Waals surface area contributed by atoms with Crippen molar-refractivity contribution in [3.05, 3.63) is 24.3 Å². The minimum atomic E-state index is -0.186. The lowest BCUT2D eigenvalue weighted by Gasteiger charge is -2.26. The molecule has 0 aromatic carbocycles. The number of allylic oxidation sites excluding steroid dienone is 4. The summed E-state index contributed by atoms with van der Waals surface area (Å²) in [4.78, 5) is 11.4. The van der Waals surface area contributed by atoms with Gasteiger partial charge in [-0.25, -0.2) is 0 Å². The molecule has 60 valence electrons. The molecule has 0 atom stereocenters. The van der Waals surface area contributed by atoms with Crippen LogP contribution in [0.25, 0.3) is 0 Å². The predicted octanol–water partition coefficient (Wildman–Crippen LogP) is 2.49. The molecule has 0 aromatic rings. The second kappa shape index (κ2) is 3.04. The van der Waals surface area contributed by atoms with E-state index in [1.54, 1.807) is 6.08 Å². The van der Waals surface area contributed by atoms with E-state index in [4.69, 9.17) is 0 Å². The average Bonchev–Trinajstić information content (AvgIpc) is 2.06. The molecule has 0 radical (unpaired) electrons. The van der Waals surface area contributed by atoms with Crippen LogP contribution in [0.2, 0.25) is 0 Å². The summed E-state index contributed by atoms with van der Waals surface area (Å²) in [7, 11) is 0. The maximum absolute atomic E-state index is 11.4. The third-order valence-electron chi connectivity index (χ3n) is 2.53. The lowest BCUT2D eigenvalue weighted by Crippen LogP contribution is -2.27. The third kappa shape index (κ3) is 1.28. The predicted molar refractivity (Wildman–Crippen MR) is 46.3 cm³/mol. The summed E-state index contributed by atoms with van der Waals surface area (Å²) in [5, 5.41) is 0. The van der Waals surface area contributed by atoms with Crippen molar-refractivity contribution in [2.24, 2.45) is 5.41 Å². The van der Waals surface area contributed by atoms with Crippen molar-refractivity contribution < 1.29 is 4.79 Å². The molecule has 0 N–H and O–H groups in total. The second-order valence-corrected chi connectivity index (χ2v) is 2.95. The van der Waals surface area contributed by atoms with Crippen LogP contribution in [0.5, 0.6) is 0 Å². The first-order valence-corrected chi connectivity index (χ1v) is 4.15. The molecule has 0 saturated heterocycles. The normalized spacial score (nSPS) is 20.7. The van der Waals surface area contributed by atoms with Gasteiger partial charge < -0.3 is 0 Å². The van der Waals surface area contributed by atoms with Crippen LogP contribution in [0.15, 0.2) is 24.3 Å². The fourth-order valence-corrected chi connectivity index (χ4v) is 1.46. The van der Waals surface area contributed by atoms with Crippen molar-refractivity contribution in [2.75, 3.05) is 0 Å². The summed E-state index contributed by atoms with van der Waals surface area (Å²) < 4.78 is 0. The van der Waals surface area contributed by atoms with Gasteiger partial charge in [0.2, 0.25) is 0 Å². The molecule has 0 bridgehead atoms. The lowest BCUT2D eigenvalue weighted by molar-refractivity contribution is -0.121. The topological polar surface area (TPSA) is 17.1 Å². The second-order valence-electron chi connectivity index (χ2n) is 2.95. The van der Waals surface area contributed by atoms with Crippen LogP contribution in [0, 0.1) is 5.41 Å². The van der Waals surface area contributed by atoms with Crippen molar-refractivity contribution >= 4 is 5.78 Å². The standard InChI is InChI=1S/C10H14O/c1-3-10(4-2)8-6-5-7-9(10)11/h5-8H,3-4H2,1-2H3. The van der Waals surface area contributed by atoms with E-state index in [0.29, 0.717) is 0 Å². The monoisotopic (exact) mass is 150 g/mol. The molecular formula is C10H14O. The molecule has 0 aliphatic heterocycles. The fourth-order valence-electron chi connectivity index (χ4n) is 1.46. The van der Waals surface area contributed by atoms with E-state index in [1.807, 2.05) is 18.2 Å².